The molecule has 1 aromatic carbocycles. The van der Waals surface area contributed by atoms with Crippen LogP contribution in [0, 0.1) is 0 Å². The number of thiophene rings is 1. The van der Waals surface area contributed by atoms with Gasteiger partial charge in [-0.15, -0.1) is 11.3 Å². The number of oxime groups is 1. The standard InChI is InChI=1S/C21H24N2O5S/c1-3-27-21(25)19-16-6-4-5-7-17(16)29-20(19)23-18(24)13-28-22-12-14-8-10-15(26-2)11-9-14/h8-12H,3-7,13H2,1-2H3,(H,23,24)/b22-12+. The van der Waals surface area contributed by atoms with Crippen molar-refractivity contribution in [1.82, 2.24) is 0 Å². The van der Waals surface area contributed by atoms with E-state index in [-0.39, 0.29) is 18.5 Å². The molecule has 0 fully saturated rings. The summed E-state index contributed by atoms with van der Waals surface area (Å²) in [5.41, 5.74) is 2.32. The number of anilines is 1. The second-order valence-corrected chi connectivity index (χ2v) is 7.57. The molecular weight excluding hydrogens is 392 g/mol. The van der Waals surface area contributed by atoms with Gasteiger partial charge in [-0.1, -0.05) is 5.16 Å². The highest BCUT2D eigenvalue weighted by Gasteiger charge is 2.27. The number of fused-ring (bicyclic) bond motifs is 1. The maximum atomic E-state index is 12.4. The Morgan fingerprint density at radius 1 is 1.21 bits per heavy atom. The molecule has 7 nitrogen and oxygen atoms in total. The predicted octanol–water partition coefficient (Wildman–Crippen LogP) is 3.80. The minimum absolute atomic E-state index is 0.252. The minimum Gasteiger partial charge on any atom is -0.497 e. The highest BCUT2D eigenvalue weighted by atomic mass is 32.1. The van der Waals surface area contributed by atoms with Crippen molar-refractivity contribution >= 4 is 34.4 Å². The Balaban J connectivity index is 1.60. The lowest BCUT2D eigenvalue weighted by Crippen LogP contribution is -2.19. The Hall–Kier alpha value is -2.87. The van der Waals surface area contributed by atoms with Gasteiger partial charge in [0.15, 0.2) is 6.61 Å². The molecule has 0 radical (unpaired) electrons. The normalized spacial score (nSPS) is 13.0. The van der Waals surface area contributed by atoms with Crippen molar-refractivity contribution in [3.8, 4) is 5.75 Å². The van der Waals surface area contributed by atoms with E-state index in [9.17, 15) is 9.59 Å². The molecular formula is C21H24N2O5S. The number of rotatable bonds is 8. The van der Waals surface area contributed by atoms with Gasteiger partial charge in [-0.25, -0.2) is 4.79 Å². The van der Waals surface area contributed by atoms with Crippen LogP contribution in [0.15, 0.2) is 29.4 Å². The number of nitrogens with zero attached hydrogens (tertiary/aromatic N) is 1. The summed E-state index contributed by atoms with van der Waals surface area (Å²) in [7, 11) is 1.60. The van der Waals surface area contributed by atoms with Crippen LogP contribution in [0.2, 0.25) is 0 Å². The maximum Gasteiger partial charge on any atom is 0.341 e. The summed E-state index contributed by atoms with van der Waals surface area (Å²) in [6, 6.07) is 7.27. The Bertz CT molecular complexity index is 889. The molecule has 0 spiro atoms. The van der Waals surface area contributed by atoms with E-state index in [0.29, 0.717) is 17.2 Å². The first-order valence-electron chi connectivity index (χ1n) is 9.53. The Kier molecular flexibility index (Phi) is 7.24. The molecule has 0 unspecified atom stereocenters. The van der Waals surface area contributed by atoms with Crippen molar-refractivity contribution < 1.29 is 23.9 Å². The average Bonchev–Trinajstić information content (AvgIpc) is 3.09. The summed E-state index contributed by atoms with van der Waals surface area (Å²) in [5.74, 6) is -0.0137. The fourth-order valence-electron chi connectivity index (χ4n) is 3.12. The third kappa shape index (κ3) is 5.35. The van der Waals surface area contributed by atoms with E-state index in [1.165, 1.54) is 17.6 Å². The number of nitrogens with one attached hydrogen (secondary N) is 1. The molecule has 0 saturated carbocycles. The zero-order valence-corrected chi connectivity index (χ0v) is 17.3. The van der Waals surface area contributed by atoms with Crippen molar-refractivity contribution in [2.24, 2.45) is 5.16 Å². The van der Waals surface area contributed by atoms with Crippen molar-refractivity contribution in [2.75, 3.05) is 25.6 Å². The summed E-state index contributed by atoms with van der Waals surface area (Å²) in [5, 5.41) is 7.13. The molecule has 1 aliphatic carbocycles. The van der Waals surface area contributed by atoms with E-state index in [1.54, 1.807) is 14.0 Å². The molecule has 1 aliphatic rings. The average molecular weight is 416 g/mol. The zero-order chi connectivity index (χ0) is 20.6. The summed E-state index contributed by atoms with van der Waals surface area (Å²) in [6.07, 6.45) is 5.39. The van der Waals surface area contributed by atoms with Crippen LogP contribution in [0.25, 0.3) is 0 Å². The van der Waals surface area contributed by atoms with Gasteiger partial charge in [-0.2, -0.15) is 0 Å². The number of hydrogen-bond donors (Lipinski definition) is 1. The molecule has 154 valence electrons. The molecule has 29 heavy (non-hydrogen) atoms. The van der Waals surface area contributed by atoms with Crippen LogP contribution in [0.4, 0.5) is 5.00 Å². The van der Waals surface area contributed by atoms with Crippen LogP contribution in [-0.2, 0) is 27.2 Å². The van der Waals surface area contributed by atoms with Gasteiger partial charge in [0.05, 0.1) is 25.5 Å². The Morgan fingerprint density at radius 2 is 1.97 bits per heavy atom. The van der Waals surface area contributed by atoms with Gasteiger partial charge in [0.1, 0.15) is 10.8 Å². The van der Waals surface area contributed by atoms with Crippen LogP contribution < -0.4 is 10.1 Å². The smallest absolute Gasteiger partial charge is 0.341 e. The SMILES string of the molecule is CCOC(=O)c1c(NC(=O)CO/N=C/c2ccc(OC)cc2)sc2c1CCCC2. The highest BCUT2D eigenvalue weighted by molar-refractivity contribution is 7.17. The Morgan fingerprint density at radius 3 is 2.69 bits per heavy atom. The number of methoxy groups -OCH3 is 1. The summed E-state index contributed by atoms with van der Waals surface area (Å²) < 4.78 is 10.3. The number of aryl methyl sites for hydroxylation is 1. The van der Waals surface area contributed by atoms with E-state index in [2.05, 4.69) is 10.5 Å². The molecule has 1 amide bonds. The molecule has 1 aromatic heterocycles. The van der Waals surface area contributed by atoms with Crippen molar-refractivity contribution in [1.29, 1.82) is 0 Å². The first kappa shape index (κ1) is 20.9. The molecule has 3 rings (SSSR count). The second kappa shape index (κ2) is 10.1. The lowest BCUT2D eigenvalue weighted by atomic mass is 9.95. The largest absolute Gasteiger partial charge is 0.497 e. The van der Waals surface area contributed by atoms with Gasteiger partial charge in [-0.3, -0.25) is 4.79 Å². The third-order valence-corrected chi connectivity index (χ3v) is 5.70. The number of benzene rings is 1. The topological polar surface area (TPSA) is 86.2 Å². The lowest BCUT2D eigenvalue weighted by molar-refractivity contribution is -0.120. The van der Waals surface area contributed by atoms with Crippen molar-refractivity contribution in [3.05, 3.63) is 45.8 Å². The monoisotopic (exact) mass is 416 g/mol. The quantitative estimate of drug-likeness (QED) is 0.402. The van der Waals surface area contributed by atoms with Gasteiger partial charge in [0.2, 0.25) is 0 Å². The third-order valence-electron chi connectivity index (χ3n) is 4.49. The zero-order valence-electron chi connectivity index (χ0n) is 16.5. The van der Waals surface area contributed by atoms with Gasteiger partial charge in [-0.05, 0) is 68.0 Å². The van der Waals surface area contributed by atoms with E-state index in [0.717, 1.165) is 47.4 Å². The number of carbonyl (C=O) groups excluding carboxylic acids is 2. The molecule has 1 N–H and O–H groups in total. The van der Waals surface area contributed by atoms with Crippen LogP contribution >= 0.6 is 11.3 Å². The van der Waals surface area contributed by atoms with Crippen LogP contribution in [0.1, 0.15) is 46.1 Å². The first-order valence-corrected chi connectivity index (χ1v) is 10.3. The maximum absolute atomic E-state index is 12.4. The number of amides is 1. The van der Waals surface area contributed by atoms with Crippen LogP contribution in [-0.4, -0.2) is 38.4 Å². The molecule has 0 atom stereocenters. The minimum atomic E-state index is -0.388. The predicted molar refractivity (Wildman–Crippen MR) is 112 cm³/mol. The molecule has 0 saturated heterocycles. The molecule has 2 aromatic rings. The number of hydrogen-bond acceptors (Lipinski definition) is 7. The summed E-state index contributed by atoms with van der Waals surface area (Å²) >= 11 is 1.45. The molecule has 0 aliphatic heterocycles. The Labute approximate surface area is 173 Å². The van der Waals surface area contributed by atoms with Crippen molar-refractivity contribution in [2.45, 2.75) is 32.6 Å². The van der Waals surface area contributed by atoms with E-state index < -0.39 is 0 Å². The van der Waals surface area contributed by atoms with Gasteiger partial charge >= 0.3 is 5.97 Å². The summed E-state index contributed by atoms with van der Waals surface area (Å²) in [6.45, 7) is 1.81. The van der Waals surface area contributed by atoms with Crippen molar-refractivity contribution in [3.63, 3.8) is 0 Å². The number of ether oxygens (including phenoxy) is 2. The van der Waals surface area contributed by atoms with Gasteiger partial charge in [0, 0.05) is 4.88 Å². The van der Waals surface area contributed by atoms with E-state index in [1.807, 2.05) is 24.3 Å². The molecule has 8 heteroatoms. The van der Waals surface area contributed by atoms with E-state index in [4.69, 9.17) is 14.3 Å². The molecule has 0 bridgehead atoms. The van der Waals surface area contributed by atoms with Crippen LogP contribution in [0.3, 0.4) is 0 Å². The lowest BCUT2D eigenvalue weighted by Gasteiger charge is -2.12. The fraction of sp³-hybridized carbons (Fsp3) is 0.381. The highest BCUT2D eigenvalue weighted by Crippen LogP contribution is 2.38. The second-order valence-electron chi connectivity index (χ2n) is 6.46. The molecule has 1 heterocycles. The van der Waals surface area contributed by atoms with E-state index >= 15 is 0 Å². The van der Waals surface area contributed by atoms with Crippen LogP contribution in [0.5, 0.6) is 5.75 Å². The summed E-state index contributed by atoms with van der Waals surface area (Å²) in [4.78, 5) is 30.9. The first-order chi connectivity index (χ1) is 14.1. The number of esters is 1. The van der Waals surface area contributed by atoms with Gasteiger partial charge in [0.25, 0.3) is 5.91 Å². The van der Waals surface area contributed by atoms with Gasteiger partial charge < -0.3 is 19.6 Å². The fourth-order valence-corrected chi connectivity index (χ4v) is 4.41. The number of carbonyl (C=O) groups is 2.